The molecule has 5 atom stereocenters. The van der Waals surface area contributed by atoms with Gasteiger partial charge in [0.15, 0.2) is 0 Å². The summed E-state index contributed by atoms with van der Waals surface area (Å²) in [6.07, 6.45) is 2.84. The zero-order chi connectivity index (χ0) is 32.9. The Balaban J connectivity index is 1.87. The molecular weight excluding hydrogens is 587 g/mol. The van der Waals surface area contributed by atoms with Crippen LogP contribution < -0.4 is 10.6 Å². The lowest BCUT2D eigenvalue weighted by molar-refractivity contribution is -0.134. The number of nitrogens with zero attached hydrogens (tertiary/aromatic N) is 2. The lowest BCUT2D eigenvalue weighted by Crippen LogP contribution is -2.39. The van der Waals surface area contributed by atoms with Crippen LogP contribution in [-0.2, 0) is 32.7 Å². The molecule has 0 radical (unpaired) electrons. The van der Waals surface area contributed by atoms with Crippen molar-refractivity contribution in [1.29, 1.82) is 0 Å². The molecule has 12 nitrogen and oxygen atoms in total. The maximum Gasteiger partial charge on any atom is 0.472 e. The van der Waals surface area contributed by atoms with E-state index in [-0.39, 0.29) is 67.7 Å². The highest BCUT2D eigenvalue weighted by molar-refractivity contribution is 7.47. The Labute approximate surface area is 264 Å². The van der Waals surface area contributed by atoms with E-state index in [2.05, 4.69) is 38.3 Å². The van der Waals surface area contributed by atoms with Gasteiger partial charge in [0, 0.05) is 50.9 Å². The smallest absolute Gasteiger partial charge is 0.377 e. The van der Waals surface area contributed by atoms with Gasteiger partial charge in [0.2, 0.25) is 11.8 Å². The van der Waals surface area contributed by atoms with E-state index in [4.69, 9.17) is 13.8 Å². The van der Waals surface area contributed by atoms with Crippen molar-refractivity contribution in [1.82, 2.24) is 20.4 Å². The van der Waals surface area contributed by atoms with E-state index in [1.54, 1.807) is 9.80 Å². The molecule has 0 aliphatic carbocycles. The number of hydrogen-bond donors (Lipinski definition) is 3. The fraction of sp³-hybridized carbons (Fsp3) is 0.903. The van der Waals surface area contributed by atoms with Gasteiger partial charge in [-0.2, -0.15) is 0 Å². The highest BCUT2D eigenvalue weighted by Crippen LogP contribution is 2.47. The van der Waals surface area contributed by atoms with Crippen molar-refractivity contribution in [2.75, 3.05) is 39.4 Å². The average molecular weight is 647 g/mol. The third-order valence-electron chi connectivity index (χ3n) is 7.90. The Morgan fingerprint density at radius 2 is 1.39 bits per heavy atom. The van der Waals surface area contributed by atoms with Gasteiger partial charge in [-0.1, -0.05) is 34.6 Å². The molecule has 256 valence electrons. The highest BCUT2D eigenvalue weighted by Gasteiger charge is 2.41. The molecule has 0 spiro atoms. The Morgan fingerprint density at radius 1 is 0.818 bits per heavy atom. The predicted molar refractivity (Wildman–Crippen MR) is 170 cm³/mol. The topological polar surface area (TPSA) is 147 Å². The van der Waals surface area contributed by atoms with Crippen LogP contribution in [0.25, 0.3) is 0 Å². The van der Waals surface area contributed by atoms with Crippen LogP contribution in [0.15, 0.2) is 0 Å². The molecule has 0 aromatic heterocycles. The monoisotopic (exact) mass is 646 g/mol. The maximum atomic E-state index is 13.0. The van der Waals surface area contributed by atoms with Gasteiger partial charge in [-0.15, -0.1) is 0 Å². The van der Waals surface area contributed by atoms with E-state index < -0.39 is 13.9 Å². The van der Waals surface area contributed by atoms with Crippen molar-refractivity contribution in [3.8, 4) is 0 Å². The molecule has 2 rings (SSSR count). The van der Waals surface area contributed by atoms with Gasteiger partial charge >= 0.3 is 7.82 Å². The van der Waals surface area contributed by atoms with Crippen molar-refractivity contribution >= 4 is 25.4 Å². The zero-order valence-electron chi connectivity index (χ0n) is 28.1. The average Bonchev–Trinajstić information content (AvgIpc) is 3.51. The number of nitrogens with one attached hydrogen (secondary N) is 2. The SMILES string of the molecule is CC(C)NCCCC(=O)CCC(=O)N1C[C@H](C)C[C@H]1COP(=O)(O)O[C@@H]1C[C@@H](COC(C)C)N(C(=O)CCCNC(C)C)C1. The largest absolute Gasteiger partial charge is 0.472 e. The second kappa shape index (κ2) is 19.3. The van der Waals surface area contributed by atoms with Crippen LogP contribution in [0.1, 0.15) is 99.8 Å². The van der Waals surface area contributed by atoms with Crippen molar-refractivity contribution < 1.29 is 37.6 Å². The Hall–Kier alpha value is -1.40. The summed E-state index contributed by atoms with van der Waals surface area (Å²) in [6, 6.07) is 0.0777. The van der Waals surface area contributed by atoms with Crippen LogP contribution in [-0.4, -0.2) is 108 Å². The minimum atomic E-state index is -4.47. The van der Waals surface area contributed by atoms with Crippen molar-refractivity contribution in [3.63, 3.8) is 0 Å². The molecule has 2 saturated heterocycles. The van der Waals surface area contributed by atoms with Crippen LogP contribution in [0.3, 0.4) is 0 Å². The standard InChI is InChI=1S/C31H59N4O8P/c1-22(2)32-14-8-10-28(36)12-13-31(38)34-18-25(7)16-26(34)21-42-44(39,40)43-29-17-27(20-41-24(5)6)35(19-29)30(37)11-9-15-33-23(3)4/h22-27,29,32-33H,8-21H2,1-7H3,(H,39,40)/t25-,26+,27+,29-/m1/s1. The number of phosphoric ester groups is 1. The number of amides is 2. The van der Waals surface area contributed by atoms with Crippen LogP contribution >= 0.6 is 7.82 Å². The van der Waals surface area contributed by atoms with E-state index in [0.717, 1.165) is 19.5 Å². The van der Waals surface area contributed by atoms with Gasteiger partial charge in [-0.25, -0.2) is 4.57 Å². The summed E-state index contributed by atoms with van der Waals surface area (Å²) in [5.74, 6) is 0.0844. The summed E-state index contributed by atoms with van der Waals surface area (Å²) in [5, 5.41) is 6.59. The number of rotatable bonds is 21. The van der Waals surface area contributed by atoms with Crippen molar-refractivity contribution in [2.24, 2.45) is 5.92 Å². The molecule has 13 heteroatoms. The molecule has 3 N–H and O–H groups in total. The third-order valence-corrected chi connectivity index (χ3v) is 8.94. The number of carbonyl (C=O) groups excluding carboxylic acids is 3. The number of carbonyl (C=O) groups is 3. The molecule has 2 aliphatic rings. The quantitative estimate of drug-likeness (QED) is 0.125. The van der Waals surface area contributed by atoms with Gasteiger partial charge in [-0.05, 0) is 58.5 Å². The number of Topliss-reactive ketones (excluding diaryl/α,β-unsaturated/α-hetero) is 1. The molecule has 44 heavy (non-hydrogen) atoms. The molecule has 2 fully saturated rings. The third kappa shape index (κ3) is 14.8. The molecule has 0 aromatic carbocycles. The molecule has 2 heterocycles. The first-order chi connectivity index (χ1) is 20.7. The van der Waals surface area contributed by atoms with Crippen LogP contribution in [0, 0.1) is 5.92 Å². The molecule has 2 amide bonds. The normalized spacial score (nSPS) is 23.7. The number of likely N-dealkylation sites (tertiary alicyclic amines) is 2. The van der Waals surface area contributed by atoms with Crippen molar-refractivity contribution in [3.05, 3.63) is 0 Å². The summed E-state index contributed by atoms with van der Waals surface area (Å²) in [6.45, 7) is 16.5. The van der Waals surface area contributed by atoms with Gasteiger partial charge in [0.25, 0.3) is 0 Å². The molecule has 2 aliphatic heterocycles. The van der Waals surface area contributed by atoms with E-state index in [0.29, 0.717) is 57.3 Å². The summed E-state index contributed by atoms with van der Waals surface area (Å²) in [4.78, 5) is 52.3. The highest BCUT2D eigenvalue weighted by atomic mass is 31.2. The zero-order valence-corrected chi connectivity index (χ0v) is 29.0. The number of ether oxygens (including phenoxy) is 1. The van der Waals surface area contributed by atoms with Gasteiger partial charge in [-0.3, -0.25) is 23.4 Å². The second-order valence-corrected chi connectivity index (χ2v) is 14.7. The maximum absolute atomic E-state index is 13.0. The van der Waals surface area contributed by atoms with Crippen molar-refractivity contribution in [2.45, 2.75) is 136 Å². The number of hydrogen-bond acceptors (Lipinski definition) is 9. The lowest BCUT2D eigenvalue weighted by Gasteiger charge is -2.26. The second-order valence-electron chi connectivity index (χ2n) is 13.3. The fourth-order valence-corrected chi connectivity index (χ4v) is 6.65. The summed E-state index contributed by atoms with van der Waals surface area (Å²) < 4.78 is 29.8. The summed E-state index contributed by atoms with van der Waals surface area (Å²) >= 11 is 0. The van der Waals surface area contributed by atoms with E-state index in [1.807, 2.05) is 20.8 Å². The first-order valence-electron chi connectivity index (χ1n) is 16.5. The van der Waals surface area contributed by atoms with Crippen LogP contribution in [0.4, 0.5) is 0 Å². The Bertz CT molecular complexity index is 950. The van der Waals surface area contributed by atoms with Gasteiger partial charge < -0.3 is 30.1 Å². The fourth-order valence-electron chi connectivity index (χ4n) is 5.70. The predicted octanol–water partition coefficient (Wildman–Crippen LogP) is 3.66. The first-order valence-corrected chi connectivity index (χ1v) is 18.0. The van der Waals surface area contributed by atoms with Gasteiger partial charge in [0.1, 0.15) is 5.78 Å². The molecule has 1 unspecified atom stereocenters. The Kier molecular flexibility index (Phi) is 17.0. The number of ketones is 1. The number of phosphoric acid groups is 1. The minimum Gasteiger partial charge on any atom is -0.377 e. The molecule has 0 aromatic rings. The summed E-state index contributed by atoms with van der Waals surface area (Å²) in [7, 11) is -4.47. The van der Waals surface area contributed by atoms with E-state index >= 15 is 0 Å². The minimum absolute atomic E-state index is 0.0148. The molecule has 0 saturated carbocycles. The summed E-state index contributed by atoms with van der Waals surface area (Å²) in [5.41, 5.74) is 0. The Morgan fingerprint density at radius 3 is 2.00 bits per heavy atom. The molecular formula is C31H59N4O8P. The van der Waals surface area contributed by atoms with E-state index in [1.165, 1.54) is 0 Å². The molecule has 0 bridgehead atoms. The van der Waals surface area contributed by atoms with Crippen LogP contribution in [0.2, 0.25) is 0 Å². The van der Waals surface area contributed by atoms with E-state index in [9.17, 15) is 23.8 Å². The van der Waals surface area contributed by atoms with Crippen LogP contribution in [0.5, 0.6) is 0 Å². The van der Waals surface area contributed by atoms with Gasteiger partial charge in [0.05, 0.1) is 37.5 Å². The first kappa shape index (κ1) is 38.8. The lowest BCUT2D eigenvalue weighted by atomic mass is 10.1.